The van der Waals surface area contributed by atoms with Gasteiger partial charge in [0.25, 0.3) is 0 Å². The van der Waals surface area contributed by atoms with Gasteiger partial charge in [0.1, 0.15) is 30.3 Å². The molecule has 0 spiro atoms. The summed E-state index contributed by atoms with van der Waals surface area (Å²) >= 11 is 0. The predicted octanol–water partition coefficient (Wildman–Crippen LogP) is 5.91. The summed E-state index contributed by atoms with van der Waals surface area (Å²) in [7, 11) is 1.60. The van der Waals surface area contributed by atoms with Crippen molar-refractivity contribution in [2.45, 2.75) is 19.4 Å². The van der Waals surface area contributed by atoms with Crippen LogP contribution in [0.5, 0.6) is 23.0 Å². The number of hydrogen-bond acceptors (Lipinski definition) is 5. The van der Waals surface area contributed by atoms with Crippen molar-refractivity contribution < 1.29 is 23.7 Å². The second kappa shape index (κ2) is 10.1. The average molecular weight is 433 g/mol. The van der Waals surface area contributed by atoms with E-state index in [1.165, 1.54) is 6.08 Å². The van der Waals surface area contributed by atoms with Crippen molar-refractivity contribution in [3.8, 4) is 23.0 Å². The highest BCUT2D eigenvalue weighted by molar-refractivity contribution is 6.08. The van der Waals surface area contributed by atoms with Crippen molar-refractivity contribution >= 4 is 17.9 Å². The Morgan fingerprint density at radius 2 is 1.81 bits per heavy atom. The molecule has 0 atom stereocenters. The molecule has 2 aromatic carbocycles. The summed E-state index contributed by atoms with van der Waals surface area (Å²) in [6.07, 6.45) is 10.5. The third kappa shape index (κ3) is 5.49. The lowest BCUT2D eigenvalue weighted by Gasteiger charge is -2.29. The van der Waals surface area contributed by atoms with E-state index in [-0.39, 0.29) is 12.4 Å². The van der Waals surface area contributed by atoms with E-state index in [0.29, 0.717) is 35.2 Å². The Balaban J connectivity index is 1.87. The lowest BCUT2D eigenvalue weighted by atomic mass is 9.99. The third-order valence-corrected chi connectivity index (χ3v) is 4.73. The largest absolute Gasteiger partial charge is 0.493 e. The maximum Gasteiger partial charge on any atom is 0.189 e. The van der Waals surface area contributed by atoms with Crippen molar-refractivity contribution in [2.75, 3.05) is 20.3 Å². The Hall–Kier alpha value is -3.73. The van der Waals surface area contributed by atoms with Crippen LogP contribution in [0.15, 0.2) is 67.8 Å². The van der Waals surface area contributed by atoms with E-state index in [1.807, 2.05) is 38.1 Å². The molecule has 0 unspecified atom stereocenters. The topological polar surface area (TPSA) is 54.0 Å². The fraction of sp³-hybridized carbons (Fsp3) is 0.222. The van der Waals surface area contributed by atoms with Crippen LogP contribution in [-0.4, -0.2) is 31.7 Å². The number of carbonyl (C=O) groups is 1. The molecule has 0 aromatic heterocycles. The first-order valence-corrected chi connectivity index (χ1v) is 10.3. The highest BCUT2D eigenvalue weighted by Gasteiger charge is 2.25. The van der Waals surface area contributed by atoms with Crippen LogP contribution < -0.4 is 18.9 Å². The zero-order valence-electron chi connectivity index (χ0n) is 18.7. The maximum absolute atomic E-state index is 12.9. The highest BCUT2D eigenvalue weighted by atomic mass is 16.5. The third-order valence-electron chi connectivity index (χ3n) is 4.73. The van der Waals surface area contributed by atoms with E-state index in [4.69, 9.17) is 18.9 Å². The van der Waals surface area contributed by atoms with Crippen LogP contribution >= 0.6 is 0 Å². The molecule has 0 aliphatic carbocycles. The molecule has 0 saturated heterocycles. The fourth-order valence-electron chi connectivity index (χ4n) is 3.20. The lowest BCUT2D eigenvalue weighted by molar-refractivity contribution is 0.104. The van der Waals surface area contributed by atoms with E-state index < -0.39 is 5.60 Å². The van der Waals surface area contributed by atoms with Crippen molar-refractivity contribution in [1.29, 1.82) is 0 Å². The Morgan fingerprint density at radius 3 is 2.53 bits per heavy atom. The van der Waals surface area contributed by atoms with Crippen LogP contribution in [0, 0.1) is 0 Å². The zero-order valence-corrected chi connectivity index (χ0v) is 18.7. The van der Waals surface area contributed by atoms with Gasteiger partial charge in [-0.3, -0.25) is 4.79 Å². The Bertz CT molecular complexity index is 1080. The summed E-state index contributed by atoms with van der Waals surface area (Å²) in [6, 6.07) is 8.92. The van der Waals surface area contributed by atoms with Crippen molar-refractivity contribution in [1.82, 2.24) is 0 Å². The highest BCUT2D eigenvalue weighted by Crippen LogP contribution is 2.40. The molecule has 32 heavy (non-hydrogen) atoms. The number of rotatable bonds is 10. The minimum absolute atomic E-state index is 0.191. The molecular weight excluding hydrogens is 404 g/mol. The minimum atomic E-state index is -0.406. The first kappa shape index (κ1) is 22.9. The summed E-state index contributed by atoms with van der Waals surface area (Å²) in [6.45, 7) is 11.9. The van der Waals surface area contributed by atoms with E-state index in [2.05, 4.69) is 13.2 Å². The van der Waals surface area contributed by atoms with Crippen LogP contribution in [0.4, 0.5) is 0 Å². The summed E-state index contributed by atoms with van der Waals surface area (Å²) in [5, 5.41) is 0. The molecule has 1 aliphatic heterocycles. The molecule has 166 valence electrons. The number of carbonyl (C=O) groups excluding carboxylic acids is 1. The van der Waals surface area contributed by atoms with Crippen molar-refractivity contribution in [3.63, 3.8) is 0 Å². The normalized spacial score (nSPS) is 13.7. The molecule has 1 aliphatic rings. The fourth-order valence-corrected chi connectivity index (χ4v) is 3.20. The lowest BCUT2D eigenvalue weighted by Crippen LogP contribution is -2.27. The van der Waals surface area contributed by atoms with Crippen LogP contribution in [0.3, 0.4) is 0 Å². The number of hydrogen-bond donors (Lipinski definition) is 0. The smallest absolute Gasteiger partial charge is 0.189 e. The van der Waals surface area contributed by atoms with Gasteiger partial charge in [-0.2, -0.15) is 0 Å². The standard InChI is InChI=1S/C27H28O5/c1-6-14-30-21-9-10-22(24(18-21)31-15-7-2)23(28)11-8-19-16-20-12-13-27(3,4)32-26(20)25(17-19)29-5/h6-13,16-18H,1-2,14-15H2,3-5H3/b11-8+. The van der Waals surface area contributed by atoms with Gasteiger partial charge in [0.05, 0.1) is 12.7 Å². The summed E-state index contributed by atoms with van der Waals surface area (Å²) in [5.74, 6) is 2.15. The van der Waals surface area contributed by atoms with Crippen LogP contribution in [0.1, 0.15) is 35.3 Å². The van der Waals surface area contributed by atoms with Gasteiger partial charge in [0.2, 0.25) is 0 Å². The number of ketones is 1. The second-order valence-corrected chi connectivity index (χ2v) is 7.74. The molecule has 0 amide bonds. The summed E-state index contributed by atoms with van der Waals surface area (Å²) in [5.41, 5.74) is 1.75. The summed E-state index contributed by atoms with van der Waals surface area (Å²) in [4.78, 5) is 12.9. The van der Waals surface area contributed by atoms with Gasteiger partial charge in [-0.25, -0.2) is 0 Å². The second-order valence-electron chi connectivity index (χ2n) is 7.74. The number of ether oxygens (including phenoxy) is 4. The number of methoxy groups -OCH3 is 1. The van der Waals surface area contributed by atoms with Gasteiger partial charge in [-0.05, 0) is 55.8 Å². The monoisotopic (exact) mass is 432 g/mol. The van der Waals surface area contributed by atoms with E-state index in [1.54, 1.807) is 43.5 Å². The molecule has 0 radical (unpaired) electrons. The SMILES string of the molecule is C=CCOc1ccc(C(=O)/C=C/c2cc3c(c(OC)c2)OC(C)(C)C=C3)c(OCC=C)c1. The molecule has 5 nitrogen and oxygen atoms in total. The molecule has 5 heteroatoms. The molecule has 0 bridgehead atoms. The van der Waals surface area contributed by atoms with Crippen molar-refractivity contribution in [3.05, 3.63) is 84.5 Å². The van der Waals surface area contributed by atoms with Crippen LogP contribution in [0.25, 0.3) is 12.2 Å². The molecule has 3 rings (SSSR count). The molecule has 0 N–H and O–H groups in total. The van der Waals surface area contributed by atoms with E-state index in [0.717, 1.165) is 11.1 Å². The van der Waals surface area contributed by atoms with Crippen molar-refractivity contribution in [2.24, 2.45) is 0 Å². The van der Waals surface area contributed by atoms with Gasteiger partial charge >= 0.3 is 0 Å². The van der Waals surface area contributed by atoms with Gasteiger partial charge in [0, 0.05) is 11.6 Å². The molecule has 2 aromatic rings. The first-order chi connectivity index (χ1) is 15.4. The van der Waals surface area contributed by atoms with Gasteiger partial charge in [-0.1, -0.05) is 37.5 Å². The number of allylic oxidation sites excluding steroid dienone is 1. The number of benzene rings is 2. The zero-order chi connectivity index (χ0) is 23.1. The predicted molar refractivity (Wildman–Crippen MR) is 128 cm³/mol. The molecule has 0 saturated carbocycles. The average Bonchev–Trinajstić information content (AvgIpc) is 2.79. The maximum atomic E-state index is 12.9. The Labute approximate surface area is 189 Å². The first-order valence-electron chi connectivity index (χ1n) is 10.3. The Morgan fingerprint density at radius 1 is 1.06 bits per heavy atom. The number of fused-ring (bicyclic) bond motifs is 1. The van der Waals surface area contributed by atoms with Crippen LogP contribution in [-0.2, 0) is 0 Å². The van der Waals surface area contributed by atoms with E-state index >= 15 is 0 Å². The quantitative estimate of drug-likeness (QED) is 0.266. The molecule has 1 heterocycles. The van der Waals surface area contributed by atoms with Gasteiger partial charge in [-0.15, -0.1) is 0 Å². The van der Waals surface area contributed by atoms with Gasteiger partial charge in [0.15, 0.2) is 17.3 Å². The van der Waals surface area contributed by atoms with Crippen LogP contribution in [0.2, 0.25) is 0 Å². The van der Waals surface area contributed by atoms with Gasteiger partial charge < -0.3 is 18.9 Å². The minimum Gasteiger partial charge on any atom is -0.493 e. The molecular formula is C27H28O5. The summed E-state index contributed by atoms with van der Waals surface area (Å²) < 4.78 is 22.8. The Kier molecular flexibility index (Phi) is 7.21. The molecule has 0 fully saturated rings. The van der Waals surface area contributed by atoms with E-state index in [9.17, 15) is 4.79 Å².